The third-order valence-corrected chi connectivity index (χ3v) is 4.33. The molecular weight excluding hydrogens is 375 g/mol. The Hall–Kier alpha value is -2.08. The monoisotopic (exact) mass is 390 g/mol. The smallest absolute Gasteiger partial charge is 0.176 e. The fraction of sp³-hybridized carbons (Fsp3) is 0.111. The summed E-state index contributed by atoms with van der Waals surface area (Å²) >= 11 is 17.4. The van der Waals surface area contributed by atoms with Crippen molar-refractivity contribution in [1.29, 1.82) is 0 Å². The molecule has 2 aromatic carbocycles. The first-order chi connectivity index (χ1) is 12.0. The number of halogens is 2. The average molecular weight is 391 g/mol. The standard InChI is InChI=1S/C18H16Cl2N4S/c1-12-2-6-15(7-3-12)21-18(25)22-17-8-9-24(23-17)11-13-4-5-14(19)10-16(13)20/h2-10H,11H2,1H3,(H2,21,22,23,25). The predicted molar refractivity (Wildman–Crippen MR) is 109 cm³/mol. The van der Waals surface area contributed by atoms with Gasteiger partial charge < -0.3 is 10.6 Å². The predicted octanol–water partition coefficient (Wildman–Crippen LogP) is 5.36. The Morgan fingerprint density at radius 2 is 1.84 bits per heavy atom. The summed E-state index contributed by atoms with van der Waals surface area (Å²) in [5.74, 6) is 0.662. The van der Waals surface area contributed by atoms with Gasteiger partial charge in [-0.05, 0) is 49.0 Å². The summed E-state index contributed by atoms with van der Waals surface area (Å²) in [4.78, 5) is 0. The lowest BCUT2D eigenvalue weighted by molar-refractivity contribution is 0.690. The molecule has 3 aromatic rings. The zero-order chi connectivity index (χ0) is 17.8. The first kappa shape index (κ1) is 17.7. The fourth-order valence-corrected chi connectivity index (χ4v) is 2.95. The van der Waals surface area contributed by atoms with Gasteiger partial charge >= 0.3 is 0 Å². The van der Waals surface area contributed by atoms with Crippen LogP contribution in [0.15, 0.2) is 54.7 Å². The van der Waals surface area contributed by atoms with Gasteiger partial charge in [-0.1, -0.05) is 47.0 Å². The van der Waals surface area contributed by atoms with Crippen LogP contribution >= 0.6 is 35.4 Å². The van der Waals surface area contributed by atoms with Crippen molar-refractivity contribution in [2.75, 3.05) is 10.6 Å². The fourth-order valence-electron chi connectivity index (χ4n) is 2.26. The Balaban J connectivity index is 1.61. The van der Waals surface area contributed by atoms with Gasteiger partial charge in [0, 0.05) is 28.0 Å². The van der Waals surface area contributed by atoms with Gasteiger partial charge in [0.25, 0.3) is 0 Å². The van der Waals surface area contributed by atoms with Gasteiger partial charge in [0.2, 0.25) is 0 Å². The van der Waals surface area contributed by atoms with Gasteiger partial charge in [0.1, 0.15) is 0 Å². The second-order valence-corrected chi connectivity index (χ2v) is 6.83. The SMILES string of the molecule is Cc1ccc(NC(=S)Nc2ccn(Cc3ccc(Cl)cc3Cl)n2)cc1. The van der Waals surface area contributed by atoms with Crippen molar-refractivity contribution < 1.29 is 0 Å². The zero-order valence-corrected chi connectivity index (χ0v) is 15.8. The first-order valence-electron chi connectivity index (χ1n) is 7.62. The number of rotatable bonds is 4. The summed E-state index contributed by atoms with van der Waals surface area (Å²) in [5.41, 5.74) is 3.07. The summed E-state index contributed by atoms with van der Waals surface area (Å²) in [6.07, 6.45) is 1.86. The van der Waals surface area contributed by atoms with Gasteiger partial charge in [0.05, 0.1) is 6.54 Å². The topological polar surface area (TPSA) is 41.9 Å². The highest BCUT2D eigenvalue weighted by atomic mass is 35.5. The summed E-state index contributed by atoms with van der Waals surface area (Å²) in [7, 11) is 0. The highest BCUT2D eigenvalue weighted by Gasteiger charge is 2.06. The molecule has 0 amide bonds. The lowest BCUT2D eigenvalue weighted by Gasteiger charge is -2.09. The number of nitrogens with zero attached hydrogens (tertiary/aromatic N) is 2. The Labute approximate surface area is 161 Å². The van der Waals surface area contributed by atoms with E-state index in [1.807, 2.05) is 55.6 Å². The average Bonchev–Trinajstić information content (AvgIpc) is 2.99. The van der Waals surface area contributed by atoms with E-state index in [1.54, 1.807) is 10.7 Å². The number of hydrogen-bond acceptors (Lipinski definition) is 2. The zero-order valence-electron chi connectivity index (χ0n) is 13.5. The molecule has 0 bridgehead atoms. The molecule has 3 rings (SSSR count). The molecule has 0 aliphatic heterocycles. The van der Waals surface area contributed by atoms with Crippen LogP contribution < -0.4 is 10.6 Å². The maximum atomic E-state index is 6.20. The number of nitrogens with one attached hydrogen (secondary N) is 2. The third kappa shape index (κ3) is 4.95. The lowest BCUT2D eigenvalue weighted by Crippen LogP contribution is -2.19. The molecule has 1 aromatic heterocycles. The third-order valence-electron chi connectivity index (χ3n) is 3.54. The second kappa shape index (κ2) is 7.87. The molecule has 7 heteroatoms. The second-order valence-electron chi connectivity index (χ2n) is 5.58. The molecule has 4 nitrogen and oxygen atoms in total. The van der Waals surface area contributed by atoms with E-state index >= 15 is 0 Å². The number of benzene rings is 2. The van der Waals surface area contributed by atoms with E-state index in [4.69, 9.17) is 35.4 Å². The Bertz CT molecular complexity index is 890. The molecule has 0 atom stereocenters. The van der Waals surface area contributed by atoms with E-state index in [9.17, 15) is 0 Å². The maximum Gasteiger partial charge on any atom is 0.176 e. The maximum absolute atomic E-state index is 6.20. The number of thiocarbonyl (C=S) groups is 1. The highest BCUT2D eigenvalue weighted by molar-refractivity contribution is 7.80. The largest absolute Gasteiger partial charge is 0.332 e. The molecule has 0 aliphatic rings. The molecular formula is C18H16Cl2N4S. The molecule has 2 N–H and O–H groups in total. The quantitative estimate of drug-likeness (QED) is 0.588. The summed E-state index contributed by atoms with van der Waals surface area (Å²) in [6, 6.07) is 15.3. The number of aromatic nitrogens is 2. The normalized spacial score (nSPS) is 10.5. The minimum Gasteiger partial charge on any atom is -0.332 e. The molecule has 0 unspecified atom stereocenters. The van der Waals surface area contributed by atoms with Crippen molar-refractivity contribution in [2.24, 2.45) is 0 Å². The summed E-state index contributed by atoms with van der Waals surface area (Å²) in [6.45, 7) is 2.59. The van der Waals surface area contributed by atoms with Gasteiger partial charge in [0.15, 0.2) is 10.9 Å². The number of aryl methyl sites for hydroxylation is 1. The van der Waals surface area contributed by atoms with Crippen LogP contribution in [-0.4, -0.2) is 14.9 Å². The summed E-state index contributed by atoms with van der Waals surface area (Å²) in [5, 5.41) is 12.4. The van der Waals surface area contributed by atoms with Gasteiger partial charge in [-0.25, -0.2) is 0 Å². The minimum absolute atomic E-state index is 0.485. The van der Waals surface area contributed by atoms with Crippen LogP contribution in [0.25, 0.3) is 0 Å². The van der Waals surface area contributed by atoms with Crippen LogP contribution in [0.1, 0.15) is 11.1 Å². The van der Waals surface area contributed by atoms with E-state index in [2.05, 4.69) is 15.7 Å². The number of anilines is 2. The van der Waals surface area contributed by atoms with Crippen LogP contribution in [-0.2, 0) is 6.54 Å². The van der Waals surface area contributed by atoms with Crippen LogP contribution in [0.4, 0.5) is 11.5 Å². The first-order valence-corrected chi connectivity index (χ1v) is 8.78. The van der Waals surface area contributed by atoms with Crippen LogP contribution in [0.5, 0.6) is 0 Å². The van der Waals surface area contributed by atoms with Gasteiger partial charge in [-0.15, -0.1) is 0 Å². The van der Waals surface area contributed by atoms with Crippen molar-refractivity contribution in [1.82, 2.24) is 9.78 Å². The van der Waals surface area contributed by atoms with Gasteiger partial charge in [-0.3, -0.25) is 4.68 Å². The van der Waals surface area contributed by atoms with Crippen LogP contribution in [0.2, 0.25) is 10.0 Å². The molecule has 0 radical (unpaired) electrons. The van der Waals surface area contributed by atoms with Crippen molar-refractivity contribution >= 4 is 52.0 Å². The molecule has 25 heavy (non-hydrogen) atoms. The van der Waals surface area contributed by atoms with Crippen LogP contribution in [0, 0.1) is 6.92 Å². The summed E-state index contributed by atoms with van der Waals surface area (Å²) < 4.78 is 1.78. The lowest BCUT2D eigenvalue weighted by atomic mass is 10.2. The molecule has 0 saturated heterocycles. The molecule has 128 valence electrons. The van der Waals surface area contributed by atoms with Gasteiger partial charge in [-0.2, -0.15) is 5.10 Å². The molecule has 1 heterocycles. The van der Waals surface area contributed by atoms with E-state index in [-0.39, 0.29) is 0 Å². The van der Waals surface area contributed by atoms with Crippen molar-refractivity contribution in [3.8, 4) is 0 Å². The minimum atomic E-state index is 0.485. The molecule has 0 saturated carbocycles. The molecule has 0 fully saturated rings. The van der Waals surface area contributed by atoms with E-state index in [0.29, 0.717) is 27.5 Å². The Kier molecular flexibility index (Phi) is 5.58. The Morgan fingerprint density at radius 1 is 1.08 bits per heavy atom. The Morgan fingerprint density at radius 3 is 2.56 bits per heavy atom. The van der Waals surface area contributed by atoms with E-state index in [1.165, 1.54) is 5.56 Å². The van der Waals surface area contributed by atoms with Crippen molar-refractivity contribution in [3.63, 3.8) is 0 Å². The van der Waals surface area contributed by atoms with Crippen molar-refractivity contribution in [3.05, 3.63) is 75.9 Å². The molecule has 0 aliphatic carbocycles. The molecule has 0 spiro atoms. The van der Waals surface area contributed by atoms with Crippen molar-refractivity contribution in [2.45, 2.75) is 13.5 Å². The van der Waals surface area contributed by atoms with Crippen LogP contribution in [0.3, 0.4) is 0 Å². The number of hydrogen-bond donors (Lipinski definition) is 2. The highest BCUT2D eigenvalue weighted by Crippen LogP contribution is 2.22. The van der Waals surface area contributed by atoms with E-state index < -0.39 is 0 Å². The van der Waals surface area contributed by atoms with E-state index in [0.717, 1.165) is 11.3 Å².